The molecule has 10 heteroatoms. The fourth-order valence-corrected chi connectivity index (χ4v) is 10.4. The summed E-state index contributed by atoms with van der Waals surface area (Å²) in [5.74, 6) is 0.120. The van der Waals surface area contributed by atoms with Crippen molar-refractivity contribution < 1.29 is 34.1 Å². The molecule has 1 spiro atoms. The van der Waals surface area contributed by atoms with Crippen LogP contribution in [0.25, 0.3) is 9.40 Å². The Morgan fingerprint density at radius 1 is 1.10 bits per heavy atom. The van der Waals surface area contributed by atoms with E-state index in [0.717, 1.165) is 44.7 Å². The lowest BCUT2D eigenvalue weighted by molar-refractivity contribution is -0.188. The number of carboxylic acid groups (broad SMARTS) is 1. The molecular weight excluding hydrogens is 550 g/mol. The van der Waals surface area contributed by atoms with Crippen molar-refractivity contribution in [2.45, 2.75) is 74.5 Å². The molecule has 8 rings (SSSR count). The molecule has 4 heterocycles. The predicted octanol–water partition coefficient (Wildman–Crippen LogP) is 3.87. The van der Waals surface area contributed by atoms with E-state index < -0.39 is 29.1 Å². The molecule has 40 heavy (non-hydrogen) atoms. The van der Waals surface area contributed by atoms with E-state index in [4.69, 9.17) is 9.47 Å². The zero-order valence-electron chi connectivity index (χ0n) is 21.8. The number of aliphatic hydroxyl groups is 1. The fraction of sp³-hybridized carbons (Fsp3) is 0.500. The molecule has 2 aliphatic heterocycles. The van der Waals surface area contributed by atoms with Gasteiger partial charge in [0.1, 0.15) is 0 Å². The smallest absolute Gasteiger partial charge is 0.315 e. The minimum atomic E-state index is -1.06. The molecule has 3 fully saturated rings. The van der Waals surface area contributed by atoms with Gasteiger partial charge in [-0.05, 0) is 78.1 Å². The van der Waals surface area contributed by atoms with E-state index >= 15 is 0 Å². The molecule has 2 aromatic heterocycles. The first-order valence-corrected chi connectivity index (χ1v) is 15.8. The zero-order chi connectivity index (χ0) is 27.4. The standard InChI is InChI=1S/C30H29NO7S2/c32-19-5-6-30(36)21-9-16-3-4-20(25-24(16)29(30,28(19)38-25)7-8-31(21)12-15-1-2-15)37-23(35)11-18-14-40-26-17(10-22(33)34)13-39-27(18)26/h3-4,13-15,21,28,36H,1-2,5-12H2,(H,33,34)/t21-,28+,29+,30-/m1/s1. The van der Waals surface area contributed by atoms with Crippen LogP contribution in [0.4, 0.5) is 0 Å². The van der Waals surface area contributed by atoms with Gasteiger partial charge in [-0.25, -0.2) is 0 Å². The van der Waals surface area contributed by atoms with Crippen LogP contribution in [0.1, 0.15) is 54.4 Å². The summed E-state index contributed by atoms with van der Waals surface area (Å²) < 4.78 is 14.1. The molecule has 4 atom stereocenters. The fourth-order valence-electron chi connectivity index (χ4n) is 7.97. The number of aliphatic carboxylic acids is 1. The first-order chi connectivity index (χ1) is 19.3. The Bertz CT molecular complexity index is 1600. The number of rotatable bonds is 7. The second kappa shape index (κ2) is 8.61. The van der Waals surface area contributed by atoms with E-state index in [1.54, 1.807) is 6.07 Å². The molecule has 1 aromatic carbocycles. The Kier molecular flexibility index (Phi) is 5.37. The maximum Gasteiger partial charge on any atom is 0.315 e. The number of nitrogens with zero attached hydrogens (tertiary/aromatic N) is 1. The molecule has 5 aliphatic rings. The van der Waals surface area contributed by atoms with Crippen molar-refractivity contribution in [1.82, 2.24) is 4.90 Å². The highest BCUT2D eigenvalue weighted by atomic mass is 32.1. The summed E-state index contributed by atoms with van der Waals surface area (Å²) in [5.41, 5.74) is 1.64. The van der Waals surface area contributed by atoms with E-state index in [2.05, 4.69) is 4.90 Å². The Balaban J connectivity index is 1.12. The van der Waals surface area contributed by atoms with Crippen molar-refractivity contribution >= 4 is 49.8 Å². The number of ketones is 1. The first kappa shape index (κ1) is 25.0. The number of piperidine rings is 1. The highest BCUT2D eigenvalue weighted by Crippen LogP contribution is 2.65. The summed E-state index contributed by atoms with van der Waals surface area (Å²) >= 11 is 2.89. The van der Waals surface area contributed by atoms with E-state index in [1.807, 2.05) is 16.8 Å². The summed E-state index contributed by atoms with van der Waals surface area (Å²) in [7, 11) is 0. The number of ether oxygens (including phenoxy) is 2. The van der Waals surface area contributed by atoms with Gasteiger partial charge in [0.05, 0.1) is 23.9 Å². The van der Waals surface area contributed by atoms with Crippen LogP contribution in [-0.4, -0.2) is 63.7 Å². The number of esters is 1. The van der Waals surface area contributed by atoms with Gasteiger partial charge >= 0.3 is 11.9 Å². The number of carbonyl (C=O) groups excluding carboxylic acids is 2. The number of hydrogen-bond acceptors (Lipinski definition) is 9. The summed E-state index contributed by atoms with van der Waals surface area (Å²) in [6.07, 6.45) is 3.78. The average molecular weight is 580 g/mol. The van der Waals surface area contributed by atoms with Crippen molar-refractivity contribution in [1.29, 1.82) is 0 Å². The molecule has 0 amide bonds. The normalized spacial score (nSPS) is 30.3. The van der Waals surface area contributed by atoms with Crippen molar-refractivity contribution in [3.63, 3.8) is 0 Å². The Morgan fingerprint density at radius 2 is 1.85 bits per heavy atom. The van der Waals surface area contributed by atoms with E-state index in [-0.39, 0.29) is 31.1 Å². The lowest BCUT2D eigenvalue weighted by Gasteiger charge is -2.62. The number of hydrogen-bond donors (Lipinski definition) is 2. The molecule has 2 N–H and O–H groups in total. The summed E-state index contributed by atoms with van der Waals surface area (Å²) in [5, 5.41) is 25.3. The van der Waals surface area contributed by atoms with Crippen LogP contribution in [0, 0.1) is 5.92 Å². The van der Waals surface area contributed by atoms with Gasteiger partial charge in [-0.2, -0.15) is 0 Å². The quantitative estimate of drug-likeness (QED) is 0.321. The van der Waals surface area contributed by atoms with Gasteiger partial charge in [-0.1, -0.05) is 6.07 Å². The minimum absolute atomic E-state index is 0.0101. The number of benzene rings is 1. The number of likely N-dealkylation sites (tertiary alicyclic amines) is 1. The third-order valence-electron chi connectivity index (χ3n) is 9.87. The van der Waals surface area contributed by atoms with Gasteiger partial charge in [-0.15, -0.1) is 22.7 Å². The van der Waals surface area contributed by atoms with Crippen LogP contribution >= 0.6 is 22.7 Å². The lowest BCUT2D eigenvalue weighted by Crippen LogP contribution is -2.76. The Labute approximate surface area is 238 Å². The summed E-state index contributed by atoms with van der Waals surface area (Å²) in [4.78, 5) is 40.1. The summed E-state index contributed by atoms with van der Waals surface area (Å²) in [6, 6.07) is 3.71. The molecule has 208 valence electrons. The van der Waals surface area contributed by atoms with E-state index in [9.17, 15) is 24.6 Å². The second-order valence-electron chi connectivity index (χ2n) is 12.1. The summed E-state index contributed by atoms with van der Waals surface area (Å²) in [6.45, 7) is 1.82. The number of carboxylic acids is 1. The van der Waals surface area contributed by atoms with Crippen LogP contribution in [0.2, 0.25) is 0 Å². The Morgan fingerprint density at radius 3 is 2.58 bits per heavy atom. The van der Waals surface area contributed by atoms with Gasteiger partial charge in [0.15, 0.2) is 23.4 Å². The molecule has 2 saturated carbocycles. The van der Waals surface area contributed by atoms with Gasteiger partial charge in [-0.3, -0.25) is 19.3 Å². The number of Topliss-reactive ketones (excluding diaryl/α,β-unsaturated/α-hetero) is 1. The minimum Gasteiger partial charge on any atom is -0.481 e. The van der Waals surface area contributed by atoms with Gasteiger partial charge < -0.3 is 19.7 Å². The third kappa shape index (κ3) is 3.39. The number of carbonyl (C=O) groups is 3. The second-order valence-corrected chi connectivity index (χ2v) is 13.9. The molecule has 3 aliphatic carbocycles. The van der Waals surface area contributed by atoms with Crippen molar-refractivity contribution in [2.75, 3.05) is 13.1 Å². The zero-order valence-corrected chi connectivity index (χ0v) is 23.4. The van der Waals surface area contributed by atoms with Crippen molar-refractivity contribution in [2.24, 2.45) is 5.92 Å². The van der Waals surface area contributed by atoms with Crippen LogP contribution in [0.3, 0.4) is 0 Å². The molecule has 2 bridgehead atoms. The first-order valence-electron chi connectivity index (χ1n) is 14.0. The highest BCUT2D eigenvalue weighted by molar-refractivity contribution is 7.26. The maximum absolute atomic E-state index is 13.3. The van der Waals surface area contributed by atoms with Gasteiger partial charge in [0.25, 0.3) is 0 Å². The largest absolute Gasteiger partial charge is 0.481 e. The maximum atomic E-state index is 13.3. The Hall–Kier alpha value is -2.79. The molecule has 3 aromatic rings. The molecule has 8 nitrogen and oxygen atoms in total. The monoisotopic (exact) mass is 579 g/mol. The molecule has 0 radical (unpaired) electrons. The van der Waals surface area contributed by atoms with Crippen LogP contribution < -0.4 is 9.47 Å². The van der Waals surface area contributed by atoms with E-state index in [0.29, 0.717) is 36.7 Å². The third-order valence-corrected chi connectivity index (χ3v) is 12.2. The number of fused-ring (bicyclic) bond motifs is 1. The van der Waals surface area contributed by atoms with Crippen molar-refractivity contribution in [3.8, 4) is 11.5 Å². The molecule has 1 saturated heterocycles. The highest BCUT2D eigenvalue weighted by Gasteiger charge is 2.73. The molecule has 0 unspecified atom stereocenters. The lowest BCUT2D eigenvalue weighted by atomic mass is 9.49. The molecular formula is C30H29NO7S2. The SMILES string of the molecule is O=C(O)Cc1csc2c(CC(=O)Oc3ccc4c5c3O[C@H]3C(=O)CC[C@@]6(O)[C@@H](C4)N(CC4CC4)CC[C@]536)csc12. The number of thiophene rings is 2. The van der Waals surface area contributed by atoms with Crippen LogP contribution in [0.15, 0.2) is 22.9 Å². The van der Waals surface area contributed by atoms with Crippen LogP contribution in [-0.2, 0) is 39.1 Å². The average Bonchev–Trinajstić information content (AvgIpc) is 3.34. The van der Waals surface area contributed by atoms with Gasteiger partial charge in [0.2, 0.25) is 0 Å². The van der Waals surface area contributed by atoms with E-state index in [1.165, 1.54) is 35.5 Å². The van der Waals surface area contributed by atoms with Crippen molar-refractivity contribution in [3.05, 3.63) is 45.1 Å². The predicted molar refractivity (Wildman–Crippen MR) is 149 cm³/mol. The topological polar surface area (TPSA) is 113 Å². The van der Waals surface area contributed by atoms with Gasteiger partial charge in [0, 0.05) is 34.0 Å². The van der Waals surface area contributed by atoms with Crippen LogP contribution in [0.5, 0.6) is 11.5 Å².